The number of hydrogen-bond donors (Lipinski definition) is 2. The van der Waals surface area contributed by atoms with Crippen molar-refractivity contribution in [3.8, 4) is 0 Å². The summed E-state index contributed by atoms with van der Waals surface area (Å²) in [6.45, 7) is 14.4. The molecule has 1 aliphatic heterocycles. The maximum Gasteiger partial charge on any atom is 0.191 e. The summed E-state index contributed by atoms with van der Waals surface area (Å²) in [5, 5.41) is 7.05. The molecule has 0 aromatic rings. The molecule has 2 rings (SSSR count). The van der Waals surface area contributed by atoms with Gasteiger partial charge in [0.15, 0.2) is 5.96 Å². The Kier molecular flexibility index (Phi) is 8.76. The maximum absolute atomic E-state index is 4.81. The van der Waals surface area contributed by atoms with Gasteiger partial charge in [0.25, 0.3) is 0 Å². The molecule has 2 fully saturated rings. The van der Waals surface area contributed by atoms with Gasteiger partial charge in [-0.05, 0) is 46.6 Å². The monoisotopic (exact) mass is 349 g/mol. The van der Waals surface area contributed by atoms with Gasteiger partial charge in [0.2, 0.25) is 0 Å². The summed E-state index contributed by atoms with van der Waals surface area (Å²) in [5.41, 5.74) is 1.26. The second-order valence-corrected chi connectivity index (χ2v) is 7.83. The van der Waals surface area contributed by atoms with Crippen molar-refractivity contribution < 1.29 is 0 Å². The first kappa shape index (κ1) is 20.2. The van der Waals surface area contributed by atoms with Gasteiger partial charge >= 0.3 is 0 Å². The molecule has 25 heavy (non-hydrogen) atoms. The topological polar surface area (TPSA) is 42.9 Å². The first-order chi connectivity index (χ1) is 12.1. The van der Waals surface area contributed by atoms with Crippen molar-refractivity contribution in [1.29, 1.82) is 0 Å². The van der Waals surface area contributed by atoms with Crippen LogP contribution in [0.1, 0.15) is 52.4 Å². The quantitative estimate of drug-likeness (QED) is 0.401. The van der Waals surface area contributed by atoms with Crippen LogP contribution in [0.2, 0.25) is 0 Å². The van der Waals surface area contributed by atoms with E-state index in [0.29, 0.717) is 6.04 Å². The number of nitrogens with zero attached hydrogens (tertiary/aromatic N) is 3. The van der Waals surface area contributed by atoms with Crippen molar-refractivity contribution >= 4 is 5.96 Å². The van der Waals surface area contributed by atoms with Gasteiger partial charge in [0.1, 0.15) is 0 Å². The van der Waals surface area contributed by atoms with Crippen molar-refractivity contribution in [2.24, 2.45) is 4.99 Å². The molecule has 5 nitrogen and oxygen atoms in total. The zero-order valence-electron chi connectivity index (χ0n) is 16.7. The van der Waals surface area contributed by atoms with E-state index in [1.165, 1.54) is 44.1 Å². The van der Waals surface area contributed by atoms with Gasteiger partial charge < -0.3 is 15.5 Å². The van der Waals surface area contributed by atoms with Crippen molar-refractivity contribution in [2.75, 3.05) is 46.3 Å². The van der Waals surface area contributed by atoms with Crippen molar-refractivity contribution in [3.05, 3.63) is 12.2 Å². The van der Waals surface area contributed by atoms with Gasteiger partial charge in [-0.1, -0.05) is 25.0 Å². The summed E-state index contributed by atoms with van der Waals surface area (Å²) in [6.07, 6.45) is 7.88. The number of likely N-dealkylation sites (N-methyl/N-ethyl adjacent to an activating group) is 1. The number of rotatable bonds is 8. The van der Waals surface area contributed by atoms with E-state index >= 15 is 0 Å². The minimum absolute atomic E-state index is 0.534. The van der Waals surface area contributed by atoms with E-state index in [0.717, 1.165) is 51.3 Å². The normalized spacial score (nSPS) is 21.0. The lowest BCUT2D eigenvalue weighted by molar-refractivity contribution is 0.221. The van der Waals surface area contributed by atoms with Gasteiger partial charge in [-0.2, -0.15) is 0 Å². The van der Waals surface area contributed by atoms with E-state index in [2.05, 4.69) is 47.9 Å². The van der Waals surface area contributed by atoms with E-state index in [9.17, 15) is 0 Å². The van der Waals surface area contributed by atoms with Crippen LogP contribution in [-0.2, 0) is 0 Å². The second kappa shape index (κ2) is 10.8. The molecule has 1 saturated carbocycles. The predicted molar refractivity (Wildman–Crippen MR) is 108 cm³/mol. The van der Waals surface area contributed by atoms with Crippen LogP contribution in [0.4, 0.5) is 0 Å². The summed E-state index contributed by atoms with van der Waals surface area (Å²) < 4.78 is 0. The van der Waals surface area contributed by atoms with Gasteiger partial charge in [0, 0.05) is 44.8 Å². The summed E-state index contributed by atoms with van der Waals surface area (Å²) in [7, 11) is 2.25. The van der Waals surface area contributed by atoms with Crippen LogP contribution in [0.25, 0.3) is 0 Å². The molecule has 0 unspecified atom stereocenters. The van der Waals surface area contributed by atoms with Crippen molar-refractivity contribution in [2.45, 2.75) is 64.5 Å². The number of aliphatic imine (C=N–C) groups is 1. The molecule has 2 N–H and O–H groups in total. The zero-order valence-corrected chi connectivity index (χ0v) is 16.7. The number of guanidine groups is 1. The van der Waals surface area contributed by atoms with Crippen molar-refractivity contribution in [3.63, 3.8) is 0 Å². The van der Waals surface area contributed by atoms with Gasteiger partial charge in [-0.3, -0.25) is 9.89 Å². The fourth-order valence-corrected chi connectivity index (χ4v) is 3.98. The van der Waals surface area contributed by atoms with Crippen LogP contribution in [0, 0.1) is 0 Å². The summed E-state index contributed by atoms with van der Waals surface area (Å²) >= 11 is 0. The molecule has 144 valence electrons. The Morgan fingerprint density at radius 3 is 2.48 bits per heavy atom. The summed E-state index contributed by atoms with van der Waals surface area (Å²) in [4.78, 5) is 9.81. The standard InChI is InChI=1S/C20H39N5/c1-5-21-20(22-12-15-24(4)19-8-6-7-9-19)23-18-10-13-25(14-11-18)16-17(2)3/h18-19H,2,5-16H2,1,3-4H3,(H2,21,22,23). The van der Waals surface area contributed by atoms with E-state index in [4.69, 9.17) is 4.99 Å². The van der Waals surface area contributed by atoms with Crippen LogP contribution < -0.4 is 10.6 Å². The molecule has 2 aliphatic rings. The van der Waals surface area contributed by atoms with Crippen molar-refractivity contribution in [1.82, 2.24) is 20.4 Å². The summed E-state index contributed by atoms with van der Waals surface area (Å²) in [6, 6.07) is 1.31. The lowest BCUT2D eigenvalue weighted by Gasteiger charge is -2.33. The van der Waals surface area contributed by atoms with Crippen LogP contribution in [0.15, 0.2) is 17.1 Å². The fraction of sp³-hybridized carbons (Fsp3) is 0.850. The van der Waals surface area contributed by atoms with Crippen LogP contribution in [0.3, 0.4) is 0 Å². The first-order valence-electron chi connectivity index (χ1n) is 10.2. The van der Waals surface area contributed by atoms with E-state index in [1.807, 2.05) is 0 Å². The van der Waals surface area contributed by atoms with Crippen LogP contribution in [0.5, 0.6) is 0 Å². The molecular formula is C20H39N5. The third-order valence-corrected chi connectivity index (χ3v) is 5.44. The van der Waals surface area contributed by atoms with E-state index < -0.39 is 0 Å². The largest absolute Gasteiger partial charge is 0.357 e. The highest BCUT2D eigenvalue weighted by atomic mass is 15.2. The Morgan fingerprint density at radius 1 is 1.20 bits per heavy atom. The summed E-state index contributed by atoms with van der Waals surface area (Å²) in [5.74, 6) is 0.987. The molecule has 5 heteroatoms. The minimum Gasteiger partial charge on any atom is -0.357 e. The highest BCUT2D eigenvalue weighted by Crippen LogP contribution is 2.21. The first-order valence-corrected chi connectivity index (χ1v) is 10.2. The lowest BCUT2D eigenvalue weighted by atomic mass is 10.0. The molecule has 0 aromatic carbocycles. The highest BCUT2D eigenvalue weighted by molar-refractivity contribution is 5.80. The Bertz CT molecular complexity index is 420. The second-order valence-electron chi connectivity index (χ2n) is 7.83. The Labute approximate surface area is 154 Å². The van der Waals surface area contributed by atoms with Crippen LogP contribution in [-0.4, -0.2) is 74.2 Å². The zero-order chi connectivity index (χ0) is 18.1. The molecule has 1 saturated heterocycles. The SMILES string of the molecule is C=C(C)CN1CCC(NC(=NCCN(C)C2CCCC2)NCC)CC1. The molecule has 0 bridgehead atoms. The molecule has 0 aromatic heterocycles. The number of nitrogens with one attached hydrogen (secondary N) is 2. The molecule has 0 spiro atoms. The molecule has 0 radical (unpaired) electrons. The highest BCUT2D eigenvalue weighted by Gasteiger charge is 2.20. The maximum atomic E-state index is 4.81. The molecule has 0 atom stereocenters. The fourth-order valence-electron chi connectivity index (χ4n) is 3.98. The van der Waals surface area contributed by atoms with Gasteiger partial charge in [-0.15, -0.1) is 0 Å². The van der Waals surface area contributed by atoms with Gasteiger partial charge in [-0.25, -0.2) is 0 Å². The smallest absolute Gasteiger partial charge is 0.191 e. The average molecular weight is 350 g/mol. The molecule has 1 heterocycles. The molecular weight excluding hydrogens is 310 g/mol. The Balaban J connectivity index is 1.73. The van der Waals surface area contributed by atoms with E-state index in [-0.39, 0.29) is 0 Å². The Hall–Kier alpha value is -1.07. The predicted octanol–water partition coefficient (Wildman–Crippen LogP) is 2.46. The third kappa shape index (κ3) is 7.37. The molecule has 0 amide bonds. The average Bonchev–Trinajstić information content (AvgIpc) is 3.11. The number of piperidine rings is 1. The number of likely N-dealkylation sites (tertiary alicyclic amines) is 1. The van der Waals surface area contributed by atoms with E-state index in [1.54, 1.807) is 0 Å². The molecule has 1 aliphatic carbocycles. The minimum atomic E-state index is 0.534. The van der Waals surface area contributed by atoms with Gasteiger partial charge in [0.05, 0.1) is 6.54 Å². The third-order valence-electron chi connectivity index (χ3n) is 5.44. The Morgan fingerprint density at radius 2 is 1.88 bits per heavy atom. The number of hydrogen-bond acceptors (Lipinski definition) is 3. The lowest BCUT2D eigenvalue weighted by Crippen LogP contribution is -2.49. The van der Waals surface area contributed by atoms with Crippen LogP contribution >= 0.6 is 0 Å².